The Balaban J connectivity index is 2.35. The average molecular weight is 273 g/mol. The zero-order valence-corrected chi connectivity index (χ0v) is 10.5. The van der Waals surface area contributed by atoms with E-state index in [1.165, 1.54) is 0 Å². The SMILES string of the molecule is Cc1cc(Br)oc1C1C(C(=O)O)C1(C)C. The number of hydrogen-bond acceptors (Lipinski definition) is 2. The van der Waals surface area contributed by atoms with Crippen LogP contribution in [0.1, 0.15) is 31.1 Å². The molecule has 2 unspecified atom stereocenters. The van der Waals surface area contributed by atoms with Crippen molar-refractivity contribution in [2.24, 2.45) is 11.3 Å². The molecule has 15 heavy (non-hydrogen) atoms. The van der Waals surface area contributed by atoms with Crippen LogP contribution in [0.4, 0.5) is 0 Å². The van der Waals surface area contributed by atoms with Crippen LogP contribution in [-0.4, -0.2) is 11.1 Å². The molecule has 1 saturated carbocycles. The molecule has 2 rings (SSSR count). The largest absolute Gasteiger partial charge is 0.481 e. The molecule has 1 N–H and O–H groups in total. The number of halogens is 1. The Morgan fingerprint density at radius 1 is 1.60 bits per heavy atom. The molecular weight excluding hydrogens is 260 g/mol. The van der Waals surface area contributed by atoms with Gasteiger partial charge in [-0.05, 0) is 39.9 Å². The first-order valence-electron chi connectivity index (χ1n) is 4.84. The molecule has 1 heterocycles. The minimum Gasteiger partial charge on any atom is -0.481 e. The van der Waals surface area contributed by atoms with Crippen molar-refractivity contribution >= 4 is 21.9 Å². The molecular formula is C11H13BrO3. The molecule has 0 amide bonds. The maximum Gasteiger partial charge on any atom is 0.307 e. The van der Waals surface area contributed by atoms with Gasteiger partial charge in [-0.15, -0.1) is 0 Å². The van der Waals surface area contributed by atoms with Crippen LogP contribution in [0, 0.1) is 18.3 Å². The minimum atomic E-state index is -0.739. The molecule has 0 bridgehead atoms. The predicted octanol–water partition coefficient (Wildman–Crippen LogP) is 3.17. The number of hydrogen-bond donors (Lipinski definition) is 1. The quantitative estimate of drug-likeness (QED) is 0.900. The van der Waals surface area contributed by atoms with Crippen molar-refractivity contribution < 1.29 is 14.3 Å². The summed E-state index contributed by atoms with van der Waals surface area (Å²) in [6.07, 6.45) is 0. The van der Waals surface area contributed by atoms with Gasteiger partial charge in [0.15, 0.2) is 4.67 Å². The maximum atomic E-state index is 11.0. The van der Waals surface area contributed by atoms with Gasteiger partial charge in [-0.1, -0.05) is 13.8 Å². The molecule has 1 aromatic heterocycles. The van der Waals surface area contributed by atoms with E-state index in [4.69, 9.17) is 9.52 Å². The summed E-state index contributed by atoms with van der Waals surface area (Å²) < 4.78 is 6.18. The Bertz CT molecular complexity index is 419. The van der Waals surface area contributed by atoms with Gasteiger partial charge in [0.05, 0.1) is 5.92 Å². The van der Waals surface area contributed by atoms with E-state index in [0.29, 0.717) is 4.67 Å². The van der Waals surface area contributed by atoms with Gasteiger partial charge >= 0.3 is 5.97 Å². The predicted molar refractivity (Wildman–Crippen MR) is 58.8 cm³/mol. The van der Waals surface area contributed by atoms with Crippen molar-refractivity contribution in [1.29, 1.82) is 0 Å². The number of aryl methyl sites for hydroxylation is 1. The first kappa shape index (κ1) is 10.7. The van der Waals surface area contributed by atoms with Crippen LogP contribution in [0.15, 0.2) is 15.2 Å². The molecule has 0 aromatic carbocycles. The molecule has 0 aliphatic heterocycles. The second-order valence-electron chi connectivity index (χ2n) is 4.71. The van der Waals surface area contributed by atoms with Crippen LogP contribution >= 0.6 is 15.9 Å². The van der Waals surface area contributed by atoms with Crippen LogP contribution in [0.5, 0.6) is 0 Å². The molecule has 0 radical (unpaired) electrons. The first-order chi connectivity index (χ1) is 6.85. The second kappa shape index (κ2) is 3.11. The molecule has 82 valence electrons. The fraction of sp³-hybridized carbons (Fsp3) is 0.545. The van der Waals surface area contributed by atoms with Gasteiger partial charge in [-0.25, -0.2) is 0 Å². The molecule has 1 aliphatic carbocycles. The van der Waals surface area contributed by atoms with Crippen molar-refractivity contribution in [1.82, 2.24) is 0 Å². The smallest absolute Gasteiger partial charge is 0.307 e. The van der Waals surface area contributed by atoms with E-state index >= 15 is 0 Å². The number of furan rings is 1. The number of carbonyl (C=O) groups is 1. The molecule has 0 spiro atoms. The molecule has 2 atom stereocenters. The summed E-state index contributed by atoms with van der Waals surface area (Å²) in [6.45, 7) is 5.87. The monoisotopic (exact) mass is 272 g/mol. The molecule has 4 heteroatoms. The summed E-state index contributed by atoms with van der Waals surface area (Å²) in [5.41, 5.74) is 0.817. The molecule has 1 aliphatic rings. The van der Waals surface area contributed by atoms with Crippen molar-refractivity contribution in [3.05, 3.63) is 22.1 Å². The fourth-order valence-electron chi connectivity index (χ4n) is 2.35. The number of carboxylic acids is 1. The highest BCUT2D eigenvalue weighted by atomic mass is 79.9. The Hall–Kier alpha value is -0.770. The van der Waals surface area contributed by atoms with E-state index in [1.54, 1.807) is 0 Å². The molecule has 0 saturated heterocycles. The van der Waals surface area contributed by atoms with Crippen molar-refractivity contribution in [3.63, 3.8) is 0 Å². The van der Waals surface area contributed by atoms with Gasteiger partial charge in [-0.2, -0.15) is 0 Å². The van der Waals surface area contributed by atoms with Gasteiger partial charge in [-0.3, -0.25) is 4.79 Å². The summed E-state index contributed by atoms with van der Waals surface area (Å²) in [4.78, 5) is 11.0. The number of carboxylic acid groups (broad SMARTS) is 1. The molecule has 1 aromatic rings. The van der Waals surface area contributed by atoms with Gasteiger partial charge in [0.25, 0.3) is 0 Å². The number of aliphatic carboxylic acids is 1. The van der Waals surface area contributed by atoms with E-state index in [-0.39, 0.29) is 17.3 Å². The van der Waals surface area contributed by atoms with Crippen LogP contribution in [0.3, 0.4) is 0 Å². The Morgan fingerprint density at radius 2 is 2.20 bits per heavy atom. The van der Waals surface area contributed by atoms with E-state index in [2.05, 4.69) is 15.9 Å². The lowest BCUT2D eigenvalue weighted by Crippen LogP contribution is -2.03. The first-order valence-corrected chi connectivity index (χ1v) is 5.63. The highest BCUT2D eigenvalue weighted by Crippen LogP contribution is 2.65. The van der Waals surface area contributed by atoms with Crippen LogP contribution in [-0.2, 0) is 4.79 Å². The summed E-state index contributed by atoms with van der Waals surface area (Å²) in [5, 5.41) is 9.06. The standard InChI is InChI=1S/C11H13BrO3/c1-5-4-6(12)15-9(5)7-8(10(13)14)11(7,2)3/h4,7-8H,1-3H3,(H,13,14). The van der Waals surface area contributed by atoms with Gasteiger partial charge in [0.1, 0.15) is 5.76 Å². The maximum absolute atomic E-state index is 11.0. The normalized spacial score (nSPS) is 27.7. The molecule has 3 nitrogen and oxygen atoms in total. The van der Waals surface area contributed by atoms with Crippen LogP contribution in [0.2, 0.25) is 0 Å². The highest BCUT2D eigenvalue weighted by molar-refractivity contribution is 9.10. The number of rotatable bonds is 2. The fourth-order valence-corrected chi connectivity index (χ4v) is 2.87. The van der Waals surface area contributed by atoms with Crippen molar-refractivity contribution in [3.8, 4) is 0 Å². The third kappa shape index (κ3) is 1.51. The van der Waals surface area contributed by atoms with E-state index < -0.39 is 5.97 Å². The Kier molecular flexibility index (Phi) is 2.23. The van der Waals surface area contributed by atoms with E-state index in [9.17, 15) is 4.79 Å². The lowest BCUT2D eigenvalue weighted by atomic mass is 10.1. The second-order valence-corrected chi connectivity index (χ2v) is 5.49. The zero-order chi connectivity index (χ0) is 11.4. The lowest BCUT2D eigenvalue weighted by molar-refractivity contribution is -0.139. The van der Waals surface area contributed by atoms with Crippen molar-refractivity contribution in [2.45, 2.75) is 26.7 Å². The minimum absolute atomic E-state index is 0.00120. The highest BCUT2D eigenvalue weighted by Gasteiger charge is 2.64. The third-order valence-electron chi connectivity index (χ3n) is 3.30. The lowest BCUT2D eigenvalue weighted by Gasteiger charge is -1.99. The Morgan fingerprint density at radius 3 is 2.53 bits per heavy atom. The van der Waals surface area contributed by atoms with E-state index in [1.807, 2.05) is 26.8 Å². The zero-order valence-electron chi connectivity index (χ0n) is 8.87. The van der Waals surface area contributed by atoms with Crippen LogP contribution in [0.25, 0.3) is 0 Å². The van der Waals surface area contributed by atoms with Gasteiger partial charge in [0, 0.05) is 5.92 Å². The summed E-state index contributed by atoms with van der Waals surface area (Å²) in [6, 6.07) is 1.88. The molecule has 1 fully saturated rings. The van der Waals surface area contributed by atoms with Gasteiger partial charge < -0.3 is 9.52 Å². The Labute approximate surface area is 96.6 Å². The van der Waals surface area contributed by atoms with Gasteiger partial charge in [0.2, 0.25) is 0 Å². The summed E-state index contributed by atoms with van der Waals surface area (Å²) in [7, 11) is 0. The third-order valence-corrected chi connectivity index (χ3v) is 3.69. The summed E-state index contributed by atoms with van der Waals surface area (Å²) >= 11 is 3.26. The summed E-state index contributed by atoms with van der Waals surface area (Å²) in [5.74, 6) is -0.258. The topological polar surface area (TPSA) is 50.4 Å². The van der Waals surface area contributed by atoms with E-state index in [0.717, 1.165) is 11.3 Å². The average Bonchev–Trinajstić information content (AvgIpc) is 2.48. The van der Waals surface area contributed by atoms with Crippen molar-refractivity contribution in [2.75, 3.05) is 0 Å². The van der Waals surface area contributed by atoms with Crippen LogP contribution < -0.4 is 0 Å².